The maximum Gasteiger partial charge on any atom is 0.231 e. The molecule has 1 heterocycles. The fourth-order valence-corrected chi connectivity index (χ4v) is 2.76. The Labute approximate surface area is 173 Å². The van der Waals surface area contributed by atoms with E-state index < -0.39 is 0 Å². The standard InChI is InChI=1S/C12H20N2.C12H8O3/c1-5-9-13(10-6-2)14(11-7-3)12-8-4;13-10-3-2-9(10)5-8-1-4-11-12(6-8)15-7-14-11/h5-8H,1-4,9-12H2;1-6H,7H2. The van der Waals surface area contributed by atoms with Crippen LogP contribution in [0.4, 0.5) is 0 Å². The fourth-order valence-electron chi connectivity index (χ4n) is 2.76. The summed E-state index contributed by atoms with van der Waals surface area (Å²) in [6.07, 6.45) is 12.7. The molecule has 0 aromatic heterocycles. The SMILES string of the molecule is C=CCN(CC=C)N(CC=C)CC=C.O=C1C=CC1=Cc1ccc2c(c1)OCO2. The summed E-state index contributed by atoms with van der Waals surface area (Å²) in [6, 6.07) is 5.62. The van der Waals surface area contributed by atoms with Crippen molar-refractivity contribution in [2.75, 3.05) is 33.0 Å². The first-order valence-electron chi connectivity index (χ1n) is 9.40. The number of rotatable bonds is 10. The molecule has 0 radical (unpaired) electrons. The second kappa shape index (κ2) is 11.6. The molecule has 29 heavy (non-hydrogen) atoms. The van der Waals surface area contributed by atoms with Crippen LogP contribution in [-0.4, -0.2) is 48.8 Å². The van der Waals surface area contributed by atoms with Crippen molar-refractivity contribution in [3.05, 3.63) is 92.1 Å². The van der Waals surface area contributed by atoms with Crippen molar-refractivity contribution in [2.45, 2.75) is 0 Å². The maximum atomic E-state index is 11.1. The van der Waals surface area contributed by atoms with Gasteiger partial charge in [0.15, 0.2) is 17.3 Å². The van der Waals surface area contributed by atoms with Gasteiger partial charge in [0.1, 0.15) is 0 Å². The van der Waals surface area contributed by atoms with Gasteiger partial charge in [0, 0.05) is 31.8 Å². The number of nitrogens with zero attached hydrogens (tertiary/aromatic N) is 2. The van der Waals surface area contributed by atoms with Crippen LogP contribution >= 0.6 is 0 Å². The largest absolute Gasteiger partial charge is 0.454 e. The number of benzene rings is 1. The van der Waals surface area contributed by atoms with E-state index in [1.807, 2.05) is 48.6 Å². The van der Waals surface area contributed by atoms with E-state index in [-0.39, 0.29) is 12.6 Å². The number of hydrogen-bond acceptors (Lipinski definition) is 5. The molecule has 1 aromatic carbocycles. The van der Waals surface area contributed by atoms with E-state index in [1.165, 1.54) is 0 Å². The van der Waals surface area contributed by atoms with Crippen molar-refractivity contribution in [3.8, 4) is 11.5 Å². The van der Waals surface area contributed by atoms with E-state index in [4.69, 9.17) is 9.47 Å². The molecule has 1 aliphatic heterocycles. The van der Waals surface area contributed by atoms with Crippen LogP contribution in [0.3, 0.4) is 0 Å². The van der Waals surface area contributed by atoms with Crippen molar-refractivity contribution in [1.29, 1.82) is 0 Å². The van der Waals surface area contributed by atoms with Crippen LogP contribution in [0.25, 0.3) is 6.08 Å². The van der Waals surface area contributed by atoms with Crippen molar-refractivity contribution in [1.82, 2.24) is 10.0 Å². The van der Waals surface area contributed by atoms with Crippen molar-refractivity contribution >= 4 is 11.9 Å². The monoisotopic (exact) mass is 392 g/mol. The minimum atomic E-state index is 0.0765. The molecule has 1 aromatic rings. The summed E-state index contributed by atoms with van der Waals surface area (Å²) in [5, 5.41) is 4.31. The van der Waals surface area contributed by atoms with Crippen LogP contribution < -0.4 is 9.47 Å². The molecule has 0 N–H and O–H groups in total. The summed E-state index contributed by atoms with van der Waals surface area (Å²) in [7, 11) is 0. The molecule has 0 atom stereocenters. The highest BCUT2D eigenvalue weighted by molar-refractivity contribution is 6.16. The first-order valence-corrected chi connectivity index (χ1v) is 9.40. The van der Waals surface area contributed by atoms with Gasteiger partial charge in [-0.1, -0.05) is 30.4 Å². The average Bonchev–Trinajstić information content (AvgIpc) is 3.19. The van der Waals surface area contributed by atoms with Gasteiger partial charge in [-0.05, 0) is 35.9 Å². The number of fused-ring (bicyclic) bond motifs is 1. The summed E-state index contributed by atoms with van der Waals surface area (Å²) in [4.78, 5) is 11.1. The second-order valence-corrected chi connectivity index (χ2v) is 6.31. The number of allylic oxidation sites excluding steroid dienone is 3. The van der Waals surface area contributed by atoms with Gasteiger partial charge in [-0.25, -0.2) is 10.0 Å². The van der Waals surface area contributed by atoms with Crippen LogP contribution in [0.2, 0.25) is 0 Å². The molecule has 5 heteroatoms. The van der Waals surface area contributed by atoms with Crippen LogP contribution in [-0.2, 0) is 4.79 Å². The minimum absolute atomic E-state index is 0.0765. The quantitative estimate of drug-likeness (QED) is 0.339. The molecule has 5 nitrogen and oxygen atoms in total. The predicted octanol–water partition coefficient (Wildman–Crippen LogP) is 4.19. The average molecular weight is 392 g/mol. The molecule has 0 amide bonds. The first-order chi connectivity index (χ1) is 14.1. The third-order valence-corrected chi connectivity index (χ3v) is 4.18. The Bertz CT molecular complexity index is 781. The Hall–Kier alpha value is -3.15. The zero-order valence-electron chi connectivity index (χ0n) is 16.8. The second-order valence-electron chi connectivity index (χ2n) is 6.31. The Kier molecular flexibility index (Phi) is 8.89. The van der Waals surface area contributed by atoms with E-state index in [2.05, 4.69) is 36.3 Å². The number of hydrazine groups is 1. The third-order valence-electron chi connectivity index (χ3n) is 4.18. The third kappa shape index (κ3) is 6.45. The van der Waals surface area contributed by atoms with Gasteiger partial charge >= 0.3 is 0 Å². The summed E-state index contributed by atoms with van der Waals surface area (Å²) in [5.74, 6) is 1.57. The maximum absolute atomic E-state index is 11.1. The number of hydrogen-bond donors (Lipinski definition) is 0. The van der Waals surface area contributed by atoms with E-state index in [9.17, 15) is 4.79 Å². The van der Waals surface area contributed by atoms with Gasteiger partial charge in [-0.15, -0.1) is 26.3 Å². The predicted molar refractivity (Wildman–Crippen MR) is 119 cm³/mol. The smallest absolute Gasteiger partial charge is 0.231 e. The minimum Gasteiger partial charge on any atom is -0.454 e. The Balaban J connectivity index is 0.000000208. The number of carbonyl (C=O) groups excluding carboxylic acids is 1. The van der Waals surface area contributed by atoms with Crippen molar-refractivity contribution < 1.29 is 14.3 Å². The molecule has 0 bridgehead atoms. The molecule has 0 saturated heterocycles. The lowest BCUT2D eigenvalue weighted by molar-refractivity contribution is -0.111. The highest BCUT2D eigenvalue weighted by Gasteiger charge is 2.15. The first kappa shape index (κ1) is 22.1. The summed E-state index contributed by atoms with van der Waals surface area (Å²) in [5.41, 5.74) is 1.68. The molecular formula is C24H28N2O3. The lowest BCUT2D eigenvalue weighted by atomic mass is 9.98. The Morgan fingerprint density at radius 3 is 1.83 bits per heavy atom. The summed E-state index contributed by atoms with van der Waals surface area (Å²) >= 11 is 0. The van der Waals surface area contributed by atoms with Gasteiger partial charge in [0.2, 0.25) is 6.79 Å². The van der Waals surface area contributed by atoms with E-state index in [0.29, 0.717) is 0 Å². The molecule has 0 unspecified atom stereocenters. The van der Waals surface area contributed by atoms with E-state index >= 15 is 0 Å². The van der Waals surface area contributed by atoms with Crippen LogP contribution in [0.1, 0.15) is 5.56 Å². The fraction of sp³-hybridized carbons (Fsp3) is 0.208. The molecular weight excluding hydrogens is 364 g/mol. The lowest BCUT2D eigenvalue weighted by Gasteiger charge is -2.31. The van der Waals surface area contributed by atoms with Crippen LogP contribution in [0.5, 0.6) is 11.5 Å². The van der Waals surface area contributed by atoms with Crippen LogP contribution in [0, 0.1) is 0 Å². The Morgan fingerprint density at radius 1 is 0.828 bits per heavy atom. The molecule has 0 fully saturated rings. The topological polar surface area (TPSA) is 42.0 Å². The van der Waals surface area contributed by atoms with Crippen LogP contribution in [0.15, 0.2) is 86.5 Å². The number of ether oxygens (including phenoxy) is 2. The van der Waals surface area contributed by atoms with E-state index in [0.717, 1.165) is 48.8 Å². The molecule has 1 aliphatic carbocycles. The van der Waals surface area contributed by atoms with E-state index in [1.54, 1.807) is 12.2 Å². The van der Waals surface area contributed by atoms with Gasteiger partial charge < -0.3 is 9.47 Å². The zero-order chi connectivity index (χ0) is 21.1. The number of carbonyl (C=O) groups is 1. The normalized spacial score (nSPS) is 15.0. The summed E-state index contributed by atoms with van der Waals surface area (Å²) in [6.45, 7) is 18.4. The molecule has 2 aliphatic rings. The van der Waals surface area contributed by atoms with Gasteiger partial charge in [0.05, 0.1) is 0 Å². The van der Waals surface area contributed by atoms with Gasteiger partial charge in [-0.3, -0.25) is 4.79 Å². The van der Waals surface area contributed by atoms with Gasteiger partial charge in [-0.2, -0.15) is 0 Å². The van der Waals surface area contributed by atoms with Crippen molar-refractivity contribution in [2.24, 2.45) is 0 Å². The molecule has 152 valence electrons. The highest BCUT2D eigenvalue weighted by Crippen LogP contribution is 2.33. The zero-order valence-corrected chi connectivity index (χ0v) is 16.8. The molecule has 0 saturated carbocycles. The molecule has 3 rings (SSSR count). The molecule has 0 spiro atoms. The summed E-state index contributed by atoms with van der Waals surface area (Å²) < 4.78 is 10.4. The van der Waals surface area contributed by atoms with Crippen molar-refractivity contribution in [3.63, 3.8) is 0 Å². The van der Waals surface area contributed by atoms with Gasteiger partial charge in [0.25, 0.3) is 0 Å². The lowest BCUT2D eigenvalue weighted by Crippen LogP contribution is -2.43. The Morgan fingerprint density at radius 2 is 1.38 bits per heavy atom. The highest BCUT2D eigenvalue weighted by atomic mass is 16.7. The number of ketones is 1.